The van der Waals surface area contributed by atoms with Gasteiger partial charge in [0.05, 0.1) is 18.0 Å². The molecule has 1 saturated heterocycles. The van der Waals surface area contributed by atoms with Crippen molar-refractivity contribution in [3.05, 3.63) is 88.4 Å². The Morgan fingerprint density at radius 1 is 1.21 bits per heavy atom. The number of allylic oxidation sites excluding steroid dienone is 2. The number of alkyl halides is 2. The van der Waals surface area contributed by atoms with Gasteiger partial charge in [-0.1, -0.05) is 80.5 Å². The standard InChI is InChI=1S/C30H37F2N4OP.C3H8.C2H6/c1-5-8-27-22(4)38-28(17-33-27)34-21(3)23-9-6-10-26(16-23)35-29(37)24-11-12-25(20(2)15-24)18-36-14-7-13-30(31,32)19-36;1-3-2;1-2/h6,8-12,15-17,21,28,34,38H,4-5,7,13-14,18-19H2,1-3H3,(H,35,37);3H2,1-2H3;1-2H3/b27-8+;;. The van der Waals surface area contributed by atoms with Gasteiger partial charge in [0.1, 0.15) is 0 Å². The molecule has 5 nitrogen and oxygen atoms in total. The number of aryl methyl sites for hydroxylation is 1. The topological polar surface area (TPSA) is 56.7 Å². The first-order valence-electron chi connectivity index (χ1n) is 15.6. The van der Waals surface area contributed by atoms with Crippen molar-refractivity contribution < 1.29 is 13.6 Å². The van der Waals surface area contributed by atoms with Crippen LogP contribution in [-0.4, -0.2) is 41.8 Å². The van der Waals surface area contributed by atoms with Crippen molar-refractivity contribution in [3.8, 4) is 0 Å². The molecule has 2 aliphatic heterocycles. The predicted molar refractivity (Wildman–Crippen MR) is 182 cm³/mol. The third kappa shape index (κ3) is 11.7. The monoisotopic (exact) mass is 612 g/mol. The van der Waals surface area contributed by atoms with Gasteiger partial charge < -0.3 is 5.32 Å². The van der Waals surface area contributed by atoms with Crippen molar-refractivity contribution in [2.45, 2.75) is 98.4 Å². The van der Waals surface area contributed by atoms with Crippen LogP contribution in [0.25, 0.3) is 0 Å². The number of nitrogens with zero attached hydrogens (tertiary/aromatic N) is 2. The third-order valence-corrected chi connectivity index (χ3v) is 8.18. The number of nitrogens with one attached hydrogen (secondary N) is 2. The zero-order chi connectivity index (χ0) is 32.0. The molecule has 236 valence electrons. The van der Waals surface area contributed by atoms with Gasteiger partial charge >= 0.3 is 0 Å². The SMILES string of the molecule is C=C1PC(NC(C)c2cccc(NC(=O)c3ccc(CN4CCCC(F)(F)C4)c(C)c3)c2)C=N/C1=C/CC.CC.CCC. The minimum atomic E-state index is -2.62. The highest BCUT2D eigenvalue weighted by Gasteiger charge is 2.35. The molecule has 0 bridgehead atoms. The normalized spacial score (nSPS) is 20.1. The fraction of sp³-hybridized carbons (Fsp3) is 0.486. The molecule has 0 saturated carbocycles. The number of carbonyl (C=O) groups excluding carboxylic acids is 1. The Bertz CT molecular complexity index is 1260. The first-order valence-corrected chi connectivity index (χ1v) is 16.7. The average Bonchev–Trinajstić information content (AvgIpc) is 2.97. The van der Waals surface area contributed by atoms with E-state index in [-0.39, 0.29) is 30.7 Å². The second-order valence-electron chi connectivity index (χ2n) is 10.9. The van der Waals surface area contributed by atoms with E-state index in [1.54, 1.807) is 11.0 Å². The number of aliphatic imine (C=N–C) groups is 1. The number of halogens is 2. The van der Waals surface area contributed by atoms with Crippen LogP contribution in [0.15, 0.2) is 71.1 Å². The fourth-order valence-electron chi connectivity index (χ4n) is 4.88. The minimum Gasteiger partial charge on any atom is -0.322 e. The van der Waals surface area contributed by atoms with E-state index in [1.165, 1.54) is 6.42 Å². The maximum atomic E-state index is 13.8. The summed E-state index contributed by atoms with van der Waals surface area (Å²) in [4.78, 5) is 19.4. The summed E-state index contributed by atoms with van der Waals surface area (Å²) < 4.78 is 27.6. The minimum absolute atomic E-state index is 0.0416. The highest BCUT2D eigenvalue weighted by molar-refractivity contribution is 7.45. The summed E-state index contributed by atoms with van der Waals surface area (Å²) in [6.45, 7) is 19.5. The lowest BCUT2D eigenvalue weighted by molar-refractivity contribution is -0.0661. The predicted octanol–water partition coefficient (Wildman–Crippen LogP) is 9.47. The lowest BCUT2D eigenvalue weighted by Gasteiger charge is -2.32. The van der Waals surface area contributed by atoms with Crippen LogP contribution in [-0.2, 0) is 6.54 Å². The first kappa shape index (κ1) is 36.5. The zero-order valence-electron chi connectivity index (χ0n) is 27.1. The quantitative estimate of drug-likeness (QED) is 0.292. The molecule has 8 heteroatoms. The lowest BCUT2D eigenvalue weighted by Crippen LogP contribution is -2.42. The Labute approximate surface area is 260 Å². The highest BCUT2D eigenvalue weighted by Crippen LogP contribution is 2.37. The Hall–Kier alpha value is -2.73. The number of benzene rings is 2. The van der Waals surface area contributed by atoms with E-state index in [1.807, 2.05) is 63.4 Å². The number of likely N-dealkylation sites (tertiary alicyclic amines) is 1. The molecular formula is C35H51F2N4OP. The molecule has 1 amide bonds. The maximum Gasteiger partial charge on any atom is 0.260 e. The second-order valence-corrected chi connectivity index (χ2v) is 12.4. The molecule has 4 rings (SSSR count). The van der Waals surface area contributed by atoms with Crippen LogP contribution < -0.4 is 10.6 Å². The van der Waals surface area contributed by atoms with Gasteiger partial charge in [-0.15, -0.1) is 0 Å². The van der Waals surface area contributed by atoms with Gasteiger partial charge in [0.15, 0.2) is 0 Å². The first-order chi connectivity index (χ1) is 20.5. The van der Waals surface area contributed by atoms with E-state index in [4.69, 9.17) is 0 Å². The van der Waals surface area contributed by atoms with E-state index in [0.29, 0.717) is 33.7 Å². The number of hydrogen-bond donors (Lipinski definition) is 2. The van der Waals surface area contributed by atoms with Gasteiger partial charge in [0.2, 0.25) is 0 Å². The molecule has 3 unspecified atom stereocenters. The number of piperidine rings is 1. The number of hydrogen-bond acceptors (Lipinski definition) is 4. The second kappa shape index (κ2) is 18.2. The Morgan fingerprint density at radius 3 is 2.56 bits per heavy atom. The van der Waals surface area contributed by atoms with Crippen molar-refractivity contribution in [1.82, 2.24) is 10.2 Å². The fourth-order valence-corrected chi connectivity index (χ4v) is 6.05. The highest BCUT2D eigenvalue weighted by atomic mass is 31.1. The van der Waals surface area contributed by atoms with E-state index in [2.05, 4.69) is 56.0 Å². The molecule has 43 heavy (non-hydrogen) atoms. The number of carbonyl (C=O) groups is 1. The number of rotatable bonds is 8. The number of anilines is 1. The zero-order valence-corrected chi connectivity index (χ0v) is 28.1. The van der Waals surface area contributed by atoms with Crippen LogP contribution in [0.5, 0.6) is 0 Å². The molecule has 2 aliphatic rings. The van der Waals surface area contributed by atoms with E-state index >= 15 is 0 Å². The largest absolute Gasteiger partial charge is 0.322 e. The third-order valence-electron chi connectivity index (χ3n) is 6.94. The van der Waals surface area contributed by atoms with Crippen LogP contribution in [0.2, 0.25) is 0 Å². The Balaban J connectivity index is 0.00000121. The molecule has 0 aliphatic carbocycles. The van der Waals surface area contributed by atoms with Gasteiger partial charge in [-0.3, -0.25) is 20.0 Å². The van der Waals surface area contributed by atoms with Crippen LogP contribution in [0.3, 0.4) is 0 Å². The van der Waals surface area contributed by atoms with E-state index in [0.717, 1.165) is 39.8 Å². The molecule has 0 radical (unpaired) electrons. The molecule has 1 fully saturated rings. The summed E-state index contributed by atoms with van der Waals surface area (Å²) in [6, 6.07) is 13.4. The average molecular weight is 613 g/mol. The molecule has 0 aromatic heterocycles. The number of amides is 1. The molecule has 2 N–H and O–H groups in total. The van der Waals surface area contributed by atoms with Crippen molar-refractivity contribution in [3.63, 3.8) is 0 Å². The van der Waals surface area contributed by atoms with Gasteiger partial charge in [-0.25, -0.2) is 8.78 Å². The van der Waals surface area contributed by atoms with Crippen molar-refractivity contribution in [2.24, 2.45) is 4.99 Å². The van der Waals surface area contributed by atoms with Crippen molar-refractivity contribution in [2.75, 3.05) is 18.4 Å². The Kier molecular flexibility index (Phi) is 15.4. The molecule has 2 heterocycles. The smallest absolute Gasteiger partial charge is 0.260 e. The maximum absolute atomic E-state index is 13.8. The van der Waals surface area contributed by atoms with Gasteiger partial charge in [-0.05, 0) is 79.5 Å². The summed E-state index contributed by atoms with van der Waals surface area (Å²) in [7, 11) is 0.532. The summed E-state index contributed by atoms with van der Waals surface area (Å²) >= 11 is 0. The van der Waals surface area contributed by atoms with Crippen molar-refractivity contribution >= 4 is 26.4 Å². The van der Waals surface area contributed by atoms with Crippen LogP contribution in [0.4, 0.5) is 14.5 Å². The Morgan fingerprint density at radius 2 is 1.93 bits per heavy atom. The summed E-state index contributed by atoms with van der Waals surface area (Å²) in [5.41, 5.74) is 5.19. The summed E-state index contributed by atoms with van der Waals surface area (Å²) in [5.74, 6) is -2.70. The molecule has 2 aromatic rings. The van der Waals surface area contributed by atoms with Crippen LogP contribution in [0.1, 0.15) is 100 Å². The molecule has 2 aromatic carbocycles. The van der Waals surface area contributed by atoms with E-state index in [9.17, 15) is 13.6 Å². The molecular weight excluding hydrogens is 561 g/mol. The summed E-state index contributed by atoms with van der Waals surface area (Å²) in [5, 5.41) is 7.67. The molecule has 0 spiro atoms. The van der Waals surface area contributed by atoms with Gasteiger partial charge in [-0.2, -0.15) is 0 Å². The summed E-state index contributed by atoms with van der Waals surface area (Å²) in [6.07, 6.45) is 6.70. The van der Waals surface area contributed by atoms with Gasteiger partial charge in [0, 0.05) is 36.5 Å². The molecule has 3 atom stereocenters. The van der Waals surface area contributed by atoms with Crippen molar-refractivity contribution in [1.29, 1.82) is 0 Å². The van der Waals surface area contributed by atoms with Crippen LogP contribution >= 0.6 is 8.58 Å². The van der Waals surface area contributed by atoms with Gasteiger partial charge in [0.25, 0.3) is 11.8 Å². The lowest BCUT2D eigenvalue weighted by atomic mass is 10.0. The van der Waals surface area contributed by atoms with Crippen LogP contribution in [0, 0.1) is 6.92 Å². The van der Waals surface area contributed by atoms with E-state index < -0.39 is 5.92 Å².